The number of anilines is 1. The van der Waals surface area contributed by atoms with Crippen LogP contribution in [-0.4, -0.2) is 42.0 Å². The number of aromatic nitrogens is 1. The highest BCUT2D eigenvalue weighted by Crippen LogP contribution is 2.20. The highest BCUT2D eigenvalue weighted by atomic mass is 16.2. The lowest BCUT2D eigenvalue weighted by atomic mass is 10.1. The highest BCUT2D eigenvalue weighted by Gasteiger charge is 2.25. The molecule has 0 saturated carbocycles. The fourth-order valence-corrected chi connectivity index (χ4v) is 2.62. The number of aryl methyl sites for hydroxylation is 1. The van der Waals surface area contributed by atoms with E-state index >= 15 is 0 Å². The lowest BCUT2D eigenvalue weighted by Crippen LogP contribution is -2.50. The first-order chi connectivity index (χ1) is 9.67. The van der Waals surface area contributed by atoms with Crippen LogP contribution in [0.4, 0.5) is 5.82 Å². The maximum Gasteiger partial charge on any atom is 0.225 e. The first kappa shape index (κ1) is 14.8. The minimum absolute atomic E-state index is 0.141. The summed E-state index contributed by atoms with van der Waals surface area (Å²) in [7, 11) is 0. The van der Waals surface area contributed by atoms with Gasteiger partial charge in [0.05, 0.1) is 0 Å². The van der Waals surface area contributed by atoms with E-state index in [0.717, 1.165) is 44.8 Å². The topological polar surface area (TPSA) is 36.4 Å². The van der Waals surface area contributed by atoms with E-state index in [1.807, 2.05) is 24.1 Å². The van der Waals surface area contributed by atoms with Crippen molar-refractivity contribution < 1.29 is 4.79 Å². The summed E-state index contributed by atoms with van der Waals surface area (Å²) in [4.78, 5) is 21.0. The third-order valence-electron chi connectivity index (χ3n) is 4.17. The smallest absolute Gasteiger partial charge is 0.225 e. The number of piperazine rings is 1. The summed E-state index contributed by atoms with van der Waals surface area (Å²) < 4.78 is 0. The Labute approximate surface area is 121 Å². The standard InChI is InChI=1S/C16H25N3O/c1-4-13(3)16(20)19-11-9-18(10-12-19)15-14(5-2)7-6-8-17-15/h6-8,13H,4-5,9-12H2,1-3H3. The average molecular weight is 275 g/mol. The van der Waals surface area contributed by atoms with Crippen LogP contribution in [0.3, 0.4) is 0 Å². The molecule has 0 spiro atoms. The van der Waals surface area contributed by atoms with Crippen LogP contribution < -0.4 is 4.90 Å². The van der Waals surface area contributed by atoms with Gasteiger partial charge in [-0.1, -0.05) is 26.8 Å². The van der Waals surface area contributed by atoms with Gasteiger partial charge in [-0.05, 0) is 24.5 Å². The largest absolute Gasteiger partial charge is 0.353 e. The first-order valence-corrected chi connectivity index (χ1v) is 7.65. The van der Waals surface area contributed by atoms with Crippen LogP contribution in [0.25, 0.3) is 0 Å². The Morgan fingerprint density at radius 1 is 1.30 bits per heavy atom. The zero-order valence-electron chi connectivity index (χ0n) is 12.8. The molecular formula is C16H25N3O. The van der Waals surface area contributed by atoms with Gasteiger partial charge >= 0.3 is 0 Å². The van der Waals surface area contributed by atoms with Crippen LogP contribution in [-0.2, 0) is 11.2 Å². The number of hydrogen-bond acceptors (Lipinski definition) is 3. The number of carbonyl (C=O) groups excluding carboxylic acids is 1. The lowest BCUT2D eigenvalue weighted by Gasteiger charge is -2.37. The molecule has 0 N–H and O–H groups in total. The quantitative estimate of drug-likeness (QED) is 0.846. The Kier molecular flexibility index (Phi) is 4.99. The summed E-state index contributed by atoms with van der Waals surface area (Å²) in [6.45, 7) is 9.62. The van der Waals surface area contributed by atoms with Gasteiger partial charge in [0, 0.05) is 38.3 Å². The van der Waals surface area contributed by atoms with E-state index in [-0.39, 0.29) is 5.92 Å². The van der Waals surface area contributed by atoms with Crippen LogP contribution in [0.2, 0.25) is 0 Å². The van der Waals surface area contributed by atoms with Crippen molar-refractivity contribution in [2.24, 2.45) is 5.92 Å². The van der Waals surface area contributed by atoms with E-state index in [0.29, 0.717) is 5.91 Å². The second-order valence-electron chi connectivity index (χ2n) is 5.46. The van der Waals surface area contributed by atoms with Crippen LogP contribution in [0.5, 0.6) is 0 Å². The van der Waals surface area contributed by atoms with Crippen molar-refractivity contribution in [3.8, 4) is 0 Å². The molecule has 4 heteroatoms. The summed E-state index contributed by atoms with van der Waals surface area (Å²) in [5.41, 5.74) is 1.29. The molecule has 1 amide bonds. The van der Waals surface area contributed by atoms with Crippen molar-refractivity contribution in [2.75, 3.05) is 31.1 Å². The second-order valence-corrected chi connectivity index (χ2v) is 5.46. The molecule has 1 fully saturated rings. The molecule has 4 nitrogen and oxygen atoms in total. The Morgan fingerprint density at radius 2 is 2.00 bits per heavy atom. The number of hydrogen-bond donors (Lipinski definition) is 0. The van der Waals surface area contributed by atoms with Gasteiger partial charge in [0.15, 0.2) is 0 Å². The summed E-state index contributed by atoms with van der Waals surface area (Å²) in [5, 5.41) is 0. The van der Waals surface area contributed by atoms with Crippen LogP contribution in [0, 0.1) is 5.92 Å². The molecule has 1 aliphatic heterocycles. The molecule has 0 bridgehead atoms. The SMILES string of the molecule is CCc1cccnc1N1CCN(C(=O)C(C)CC)CC1. The van der Waals surface area contributed by atoms with Crippen molar-refractivity contribution in [3.05, 3.63) is 23.9 Å². The van der Waals surface area contributed by atoms with Gasteiger partial charge in [0.25, 0.3) is 0 Å². The van der Waals surface area contributed by atoms with Crippen molar-refractivity contribution in [1.29, 1.82) is 0 Å². The zero-order valence-corrected chi connectivity index (χ0v) is 12.8. The molecule has 1 unspecified atom stereocenters. The minimum Gasteiger partial charge on any atom is -0.353 e. The second kappa shape index (κ2) is 6.73. The van der Waals surface area contributed by atoms with Gasteiger partial charge in [-0.15, -0.1) is 0 Å². The fourth-order valence-electron chi connectivity index (χ4n) is 2.62. The Hall–Kier alpha value is -1.58. The summed E-state index contributed by atoms with van der Waals surface area (Å²) in [5.74, 6) is 1.53. The molecule has 1 aromatic rings. The van der Waals surface area contributed by atoms with Crippen molar-refractivity contribution >= 4 is 11.7 Å². The molecule has 20 heavy (non-hydrogen) atoms. The molecule has 0 aliphatic carbocycles. The predicted molar refractivity (Wildman–Crippen MR) is 81.9 cm³/mol. The number of nitrogens with zero attached hydrogens (tertiary/aromatic N) is 3. The van der Waals surface area contributed by atoms with E-state index in [2.05, 4.69) is 29.8 Å². The third kappa shape index (κ3) is 3.11. The van der Waals surface area contributed by atoms with E-state index in [9.17, 15) is 4.79 Å². The van der Waals surface area contributed by atoms with E-state index in [1.165, 1.54) is 5.56 Å². The van der Waals surface area contributed by atoms with Gasteiger partial charge in [-0.2, -0.15) is 0 Å². The average Bonchev–Trinajstić information content (AvgIpc) is 2.53. The normalized spacial score (nSPS) is 17.1. The van der Waals surface area contributed by atoms with Crippen LogP contribution >= 0.6 is 0 Å². The monoisotopic (exact) mass is 275 g/mol. The molecule has 1 atom stereocenters. The third-order valence-corrected chi connectivity index (χ3v) is 4.17. The lowest BCUT2D eigenvalue weighted by molar-refractivity contribution is -0.135. The van der Waals surface area contributed by atoms with Crippen molar-refractivity contribution in [3.63, 3.8) is 0 Å². The molecule has 1 aliphatic rings. The van der Waals surface area contributed by atoms with E-state index < -0.39 is 0 Å². The Bertz CT molecular complexity index is 453. The van der Waals surface area contributed by atoms with E-state index in [1.54, 1.807) is 0 Å². The van der Waals surface area contributed by atoms with Crippen molar-refractivity contribution in [2.45, 2.75) is 33.6 Å². The molecule has 1 aromatic heterocycles. The Morgan fingerprint density at radius 3 is 2.60 bits per heavy atom. The molecule has 2 rings (SSSR count). The van der Waals surface area contributed by atoms with E-state index in [4.69, 9.17) is 0 Å². The molecule has 2 heterocycles. The maximum atomic E-state index is 12.2. The molecule has 0 aromatic carbocycles. The number of amides is 1. The fraction of sp³-hybridized carbons (Fsp3) is 0.625. The number of pyridine rings is 1. The van der Waals surface area contributed by atoms with Gasteiger partial charge in [-0.25, -0.2) is 4.98 Å². The van der Waals surface area contributed by atoms with Crippen molar-refractivity contribution in [1.82, 2.24) is 9.88 Å². The van der Waals surface area contributed by atoms with Gasteiger partial charge in [0.1, 0.15) is 5.82 Å². The van der Waals surface area contributed by atoms with Crippen LogP contribution in [0.1, 0.15) is 32.8 Å². The van der Waals surface area contributed by atoms with Gasteiger partial charge in [-0.3, -0.25) is 4.79 Å². The predicted octanol–water partition coefficient (Wildman–Crippen LogP) is 2.34. The highest BCUT2D eigenvalue weighted by molar-refractivity contribution is 5.78. The Balaban J connectivity index is 1.99. The molecule has 110 valence electrons. The summed E-state index contributed by atoms with van der Waals surface area (Å²) >= 11 is 0. The molecular weight excluding hydrogens is 250 g/mol. The number of carbonyl (C=O) groups is 1. The zero-order chi connectivity index (χ0) is 14.5. The van der Waals surface area contributed by atoms with Gasteiger partial charge < -0.3 is 9.80 Å². The summed E-state index contributed by atoms with van der Waals surface area (Å²) in [6, 6.07) is 4.13. The molecule has 0 radical (unpaired) electrons. The molecule has 1 saturated heterocycles. The van der Waals surface area contributed by atoms with Crippen LogP contribution in [0.15, 0.2) is 18.3 Å². The first-order valence-electron chi connectivity index (χ1n) is 7.65. The maximum absolute atomic E-state index is 12.2. The van der Waals surface area contributed by atoms with Gasteiger partial charge in [0.2, 0.25) is 5.91 Å². The minimum atomic E-state index is 0.141. The number of rotatable bonds is 4. The summed E-state index contributed by atoms with van der Waals surface area (Å²) in [6.07, 6.45) is 3.76.